The monoisotopic (exact) mass is 242 g/mol. The first-order chi connectivity index (χ1) is 8.04. The molecule has 0 aliphatic carbocycles. The quantitative estimate of drug-likeness (QED) is 0.803. The highest BCUT2D eigenvalue weighted by Crippen LogP contribution is 2.11. The lowest BCUT2D eigenvalue weighted by molar-refractivity contribution is 0.369. The van der Waals surface area contributed by atoms with Crippen molar-refractivity contribution < 1.29 is 8.78 Å². The van der Waals surface area contributed by atoms with Gasteiger partial charge >= 0.3 is 0 Å². The minimum absolute atomic E-state index is 0.326. The first kappa shape index (κ1) is 14.1. The van der Waals surface area contributed by atoms with Crippen molar-refractivity contribution in [1.29, 1.82) is 0 Å². The molecule has 4 heteroatoms. The fourth-order valence-corrected chi connectivity index (χ4v) is 1.66. The molecule has 0 saturated carbocycles. The van der Waals surface area contributed by atoms with Gasteiger partial charge in [-0.15, -0.1) is 0 Å². The predicted molar refractivity (Wildman–Crippen MR) is 65.4 cm³/mol. The van der Waals surface area contributed by atoms with Crippen LogP contribution in [-0.4, -0.2) is 13.1 Å². The average molecular weight is 242 g/mol. The maximum absolute atomic E-state index is 13.3. The van der Waals surface area contributed by atoms with E-state index in [4.69, 9.17) is 5.73 Å². The molecule has 0 bridgehead atoms. The molecule has 0 spiro atoms. The van der Waals surface area contributed by atoms with Crippen LogP contribution < -0.4 is 11.1 Å². The Kier molecular flexibility index (Phi) is 5.51. The van der Waals surface area contributed by atoms with Crippen LogP contribution in [0.3, 0.4) is 0 Å². The number of hydrogen-bond acceptors (Lipinski definition) is 2. The third-order valence-electron chi connectivity index (χ3n) is 2.98. The van der Waals surface area contributed by atoms with Crippen LogP contribution in [0.25, 0.3) is 0 Å². The van der Waals surface area contributed by atoms with Gasteiger partial charge in [0.15, 0.2) is 0 Å². The lowest BCUT2D eigenvalue weighted by Crippen LogP contribution is -2.31. The molecule has 1 unspecified atom stereocenters. The normalized spacial score (nSPS) is 13.1. The lowest BCUT2D eigenvalue weighted by Gasteiger charge is -2.19. The van der Waals surface area contributed by atoms with E-state index in [1.54, 1.807) is 0 Å². The van der Waals surface area contributed by atoms with E-state index >= 15 is 0 Å². The molecule has 0 radical (unpaired) electrons. The van der Waals surface area contributed by atoms with Gasteiger partial charge < -0.3 is 11.1 Å². The van der Waals surface area contributed by atoms with Crippen LogP contribution in [-0.2, 0) is 6.54 Å². The molecule has 1 atom stereocenters. The molecule has 1 rings (SSSR count). The Labute approximate surface area is 101 Å². The molecule has 0 aromatic heterocycles. The van der Waals surface area contributed by atoms with Gasteiger partial charge in [-0.05, 0) is 43.1 Å². The molecule has 0 heterocycles. The average Bonchev–Trinajstić information content (AvgIpc) is 2.28. The summed E-state index contributed by atoms with van der Waals surface area (Å²) >= 11 is 0. The fraction of sp³-hybridized carbons (Fsp3) is 0.538. The van der Waals surface area contributed by atoms with Crippen molar-refractivity contribution in [3.8, 4) is 0 Å². The Balaban J connectivity index is 2.47. The molecule has 0 aliphatic rings. The van der Waals surface area contributed by atoms with E-state index in [2.05, 4.69) is 19.2 Å². The smallest absolute Gasteiger partial charge is 0.127 e. The van der Waals surface area contributed by atoms with E-state index in [0.717, 1.165) is 12.1 Å². The third kappa shape index (κ3) is 4.40. The van der Waals surface area contributed by atoms with Crippen LogP contribution in [0.2, 0.25) is 0 Å². The molecule has 0 saturated heterocycles. The number of nitrogens with one attached hydrogen (secondary N) is 1. The zero-order valence-corrected chi connectivity index (χ0v) is 10.3. The second-order valence-corrected chi connectivity index (χ2v) is 4.61. The number of halogens is 2. The van der Waals surface area contributed by atoms with Crippen LogP contribution in [0, 0.1) is 23.5 Å². The summed E-state index contributed by atoms with van der Waals surface area (Å²) in [6, 6.07) is 3.49. The zero-order chi connectivity index (χ0) is 12.8. The van der Waals surface area contributed by atoms with Gasteiger partial charge in [0.2, 0.25) is 0 Å². The molecule has 0 fully saturated rings. The van der Waals surface area contributed by atoms with E-state index in [1.807, 2.05) is 0 Å². The first-order valence-electron chi connectivity index (χ1n) is 5.89. The van der Waals surface area contributed by atoms with Gasteiger partial charge in [0.05, 0.1) is 0 Å². The van der Waals surface area contributed by atoms with Crippen molar-refractivity contribution in [3.05, 3.63) is 35.4 Å². The van der Waals surface area contributed by atoms with Crippen molar-refractivity contribution in [2.75, 3.05) is 13.1 Å². The van der Waals surface area contributed by atoms with E-state index in [-0.39, 0.29) is 5.82 Å². The number of rotatable bonds is 6. The topological polar surface area (TPSA) is 38.0 Å². The summed E-state index contributed by atoms with van der Waals surface area (Å²) in [7, 11) is 0. The van der Waals surface area contributed by atoms with E-state index in [0.29, 0.717) is 37.0 Å². The zero-order valence-electron chi connectivity index (χ0n) is 10.3. The maximum atomic E-state index is 13.3. The highest BCUT2D eigenvalue weighted by molar-refractivity contribution is 5.18. The highest BCUT2D eigenvalue weighted by Gasteiger charge is 2.11. The Morgan fingerprint density at radius 2 is 2.00 bits per heavy atom. The molecular weight excluding hydrogens is 222 g/mol. The predicted octanol–water partition coefficient (Wildman–Crippen LogP) is 2.29. The Morgan fingerprint density at radius 1 is 1.29 bits per heavy atom. The number of nitrogens with two attached hydrogens (primary N) is 1. The van der Waals surface area contributed by atoms with Crippen LogP contribution >= 0.6 is 0 Å². The van der Waals surface area contributed by atoms with E-state index in [1.165, 1.54) is 6.07 Å². The second-order valence-electron chi connectivity index (χ2n) is 4.61. The SMILES string of the molecule is CC(C)C(CN)CNCc1cc(F)ccc1F. The second kappa shape index (κ2) is 6.67. The summed E-state index contributed by atoms with van der Waals surface area (Å²) < 4.78 is 26.2. The Bertz CT molecular complexity index is 353. The lowest BCUT2D eigenvalue weighted by atomic mass is 9.96. The minimum Gasteiger partial charge on any atom is -0.330 e. The molecule has 17 heavy (non-hydrogen) atoms. The van der Waals surface area contributed by atoms with Gasteiger partial charge in [0.25, 0.3) is 0 Å². The first-order valence-corrected chi connectivity index (χ1v) is 5.89. The van der Waals surface area contributed by atoms with Crippen molar-refractivity contribution in [3.63, 3.8) is 0 Å². The molecule has 1 aromatic rings. The van der Waals surface area contributed by atoms with E-state index in [9.17, 15) is 8.78 Å². The third-order valence-corrected chi connectivity index (χ3v) is 2.98. The fourth-order valence-electron chi connectivity index (χ4n) is 1.66. The highest BCUT2D eigenvalue weighted by atomic mass is 19.1. The summed E-state index contributed by atoms with van der Waals surface area (Å²) in [5.74, 6) is 0.0339. The summed E-state index contributed by atoms with van der Waals surface area (Å²) in [5, 5.41) is 3.12. The molecule has 96 valence electrons. The van der Waals surface area contributed by atoms with Gasteiger partial charge in [-0.2, -0.15) is 0 Å². The van der Waals surface area contributed by atoms with Crippen LogP contribution in [0.4, 0.5) is 8.78 Å². The standard InChI is InChI=1S/C13H20F2N2/c1-9(2)11(6-16)8-17-7-10-5-12(14)3-4-13(10)15/h3-5,9,11,17H,6-8,16H2,1-2H3. The molecule has 3 N–H and O–H groups in total. The van der Waals surface area contributed by atoms with Gasteiger partial charge in [0, 0.05) is 12.1 Å². The largest absolute Gasteiger partial charge is 0.330 e. The van der Waals surface area contributed by atoms with Crippen molar-refractivity contribution in [2.45, 2.75) is 20.4 Å². The van der Waals surface area contributed by atoms with Crippen molar-refractivity contribution in [1.82, 2.24) is 5.32 Å². The Morgan fingerprint density at radius 3 is 2.59 bits per heavy atom. The summed E-state index contributed by atoms with van der Waals surface area (Å²) in [6.45, 7) is 5.83. The maximum Gasteiger partial charge on any atom is 0.127 e. The van der Waals surface area contributed by atoms with Gasteiger partial charge in [-0.1, -0.05) is 13.8 Å². The minimum atomic E-state index is -0.414. The van der Waals surface area contributed by atoms with Gasteiger partial charge in [-0.25, -0.2) is 8.78 Å². The van der Waals surface area contributed by atoms with Gasteiger partial charge in [-0.3, -0.25) is 0 Å². The summed E-state index contributed by atoms with van der Waals surface area (Å²) in [6.07, 6.45) is 0. The number of hydrogen-bond donors (Lipinski definition) is 2. The molecular formula is C13H20F2N2. The van der Waals surface area contributed by atoms with Crippen LogP contribution in [0.15, 0.2) is 18.2 Å². The van der Waals surface area contributed by atoms with Crippen molar-refractivity contribution >= 4 is 0 Å². The molecule has 0 amide bonds. The number of benzene rings is 1. The van der Waals surface area contributed by atoms with Gasteiger partial charge in [0.1, 0.15) is 11.6 Å². The van der Waals surface area contributed by atoms with E-state index < -0.39 is 5.82 Å². The van der Waals surface area contributed by atoms with Crippen molar-refractivity contribution in [2.24, 2.45) is 17.6 Å². The molecule has 2 nitrogen and oxygen atoms in total. The Hall–Kier alpha value is -1.00. The summed E-state index contributed by atoms with van der Waals surface area (Å²) in [5.41, 5.74) is 5.98. The van der Waals surface area contributed by atoms with Crippen LogP contribution in [0.1, 0.15) is 19.4 Å². The van der Waals surface area contributed by atoms with Crippen LogP contribution in [0.5, 0.6) is 0 Å². The molecule has 0 aliphatic heterocycles. The molecule has 1 aromatic carbocycles. The summed E-state index contributed by atoms with van der Waals surface area (Å²) in [4.78, 5) is 0.